The fourth-order valence-corrected chi connectivity index (χ4v) is 3.21. The minimum atomic E-state index is -0.00400. The molecular formula is C21H26ClNO2. The average molecular weight is 360 g/mol. The Morgan fingerprint density at radius 1 is 1.12 bits per heavy atom. The molecule has 25 heavy (non-hydrogen) atoms. The molecule has 0 aliphatic heterocycles. The molecule has 3 nitrogen and oxygen atoms in total. The number of benzene rings is 2. The highest BCUT2D eigenvalue weighted by Gasteiger charge is 2.13. The summed E-state index contributed by atoms with van der Waals surface area (Å²) in [5.41, 5.74) is 5.67. The zero-order valence-electron chi connectivity index (χ0n) is 15.4. The number of hydrogen-bond donors (Lipinski definition) is 1. The molecule has 0 spiro atoms. The van der Waals surface area contributed by atoms with Crippen LogP contribution in [0, 0.1) is 6.92 Å². The molecule has 0 saturated carbocycles. The summed E-state index contributed by atoms with van der Waals surface area (Å²) in [7, 11) is 1.65. The number of carbonyl (C=O) groups excluding carboxylic acids is 1. The predicted octanol–water partition coefficient (Wildman–Crippen LogP) is 4.64. The van der Waals surface area contributed by atoms with Gasteiger partial charge in [0.05, 0.1) is 11.4 Å². The maximum atomic E-state index is 11.8. The van der Waals surface area contributed by atoms with Crippen molar-refractivity contribution in [1.29, 1.82) is 0 Å². The standard InChI is InChI=1S/C21H26ClNO2/c1-5-15-8-7-9-17(12-21(24)23-4)18(15)13-25-20-10-14(3)16(6-2)11-19(20)22/h7-11H,5-6,12-13H2,1-4H3,(H,23,24). The molecule has 2 aromatic carbocycles. The molecule has 0 aliphatic carbocycles. The summed E-state index contributed by atoms with van der Waals surface area (Å²) in [6, 6.07) is 10.0. The maximum absolute atomic E-state index is 11.8. The van der Waals surface area contributed by atoms with Crippen LogP contribution < -0.4 is 10.1 Å². The van der Waals surface area contributed by atoms with Crippen molar-refractivity contribution in [2.24, 2.45) is 0 Å². The van der Waals surface area contributed by atoms with Crippen LogP contribution in [0.25, 0.3) is 0 Å². The number of carbonyl (C=O) groups is 1. The van der Waals surface area contributed by atoms with Crippen LogP contribution in [0.5, 0.6) is 5.75 Å². The normalized spacial score (nSPS) is 10.6. The second-order valence-electron chi connectivity index (χ2n) is 6.11. The van der Waals surface area contributed by atoms with E-state index in [1.54, 1.807) is 7.05 Å². The molecule has 0 unspecified atom stereocenters. The first-order chi connectivity index (χ1) is 12.0. The first-order valence-electron chi connectivity index (χ1n) is 8.72. The molecule has 0 atom stereocenters. The number of likely N-dealkylation sites (N-methyl/N-ethyl adjacent to an activating group) is 1. The Kier molecular flexibility index (Phi) is 6.89. The largest absolute Gasteiger partial charge is 0.487 e. The summed E-state index contributed by atoms with van der Waals surface area (Å²) in [6.45, 7) is 6.69. The average Bonchev–Trinajstić information content (AvgIpc) is 2.62. The van der Waals surface area contributed by atoms with Gasteiger partial charge >= 0.3 is 0 Å². The van der Waals surface area contributed by atoms with Crippen molar-refractivity contribution in [2.45, 2.75) is 46.6 Å². The lowest BCUT2D eigenvalue weighted by Gasteiger charge is -2.16. The lowest BCUT2D eigenvalue weighted by molar-refractivity contribution is -0.119. The molecule has 0 aromatic heterocycles. The van der Waals surface area contributed by atoms with E-state index < -0.39 is 0 Å². The molecule has 0 bridgehead atoms. The van der Waals surface area contributed by atoms with Gasteiger partial charge in [-0.15, -0.1) is 0 Å². The van der Waals surface area contributed by atoms with Crippen molar-refractivity contribution in [3.05, 3.63) is 63.2 Å². The Morgan fingerprint density at radius 3 is 2.44 bits per heavy atom. The minimum Gasteiger partial charge on any atom is -0.487 e. The Labute approximate surface area is 155 Å². The van der Waals surface area contributed by atoms with Crippen molar-refractivity contribution in [3.8, 4) is 5.75 Å². The molecule has 4 heteroatoms. The van der Waals surface area contributed by atoms with E-state index in [9.17, 15) is 4.79 Å². The van der Waals surface area contributed by atoms with Gasteiger partial charge in [0.25, 0.3) is 0 Å². The molecule has 2 rings (SSSR count). The second-order valence-corrected chi connectivity index (χ2v) is 6.52. The summed E-state index contributed by atoms with van der Waals surface area (Å²) in [5, 5.41) is 3.31. The van der Waals surface area contributed by atoms with Crippen LogP contribution in [-0.2, 0) is 30.7 Å². The maximum Gasteiger partial charge on any atom is 0.224 e. The van der Waals surface area contributed by atoms with Crippen molar-refractivity contribution in [2.75, 3.05) is 7.05 Å². The summed E-state index contributed by atoms with van der Waals surface area (Å²) in [6.07, 6.45) is 2.19. The van der Waals surface area contributed by atoms with E-state index in [0.717, 1.165) is 24.0 Å². The van der Waals surface area contributed by atoms with E-state index in [-0.39, 0.29) is 5.91 Å². The Morgan fingerprint density at radius 2 is 1.80 bits per heavy atom. The highest BCUT2D eigenvalue weighted by atomic mass is 35.5. The van der Waals surface area contributed by atoms with Crippen LogP contribution in [0.3, 0.4) is 0 Å². The first-order valence-corrected chi connectivity index (χ1v) is 9.09. The molecule has 1 N–H and O–H groups in total. The van der Waals surface area contributed by atoms with Gasteiger partial charge in [-0.05, 0) is 59.7 Å². The van der Waals surface area contributed by atoms with E-state index in [4.69, 9.17) is 16.3 Å². The molecule has 0 aliphatic rings. The van der Waals surface area contributed by atoms with Gasteiger partial charge in [0.1, 0.15) is 12.4 Å². The van der Waals surface area contributed by atoms with Crippen LogP contribution in [0.2, 0.25) is 5.02 Å². The predicted molar refractivity (Wildman–Crippen MR) is 103 cm³/mol. The number of aryl methyl sites for hydroxylation is 3. The number of halogens is 1. The zero-order chi connectivity index (χ0) is 18.4. The number of nitrogens with one attached hydrogen (secondary N) is 1. The third-order valence-electron chi connectivity index (χ3n) is 4.52. The molecule has 0 fully saturated rings. The third-order valence-corrected chi connectivity index (χ3v) is 4.82. The number of amides is 1. The highest BCUT2D eigenvalue weighted by Crippen LogP contribution is 2.30. The van der Waals surface area contributed by atoms with E-state index in [1.807, 2.05) is 24.3 Å². The van der Waals surface area contributed by atoms with Gasteiger partial charge in [-0.2, -0.15) is 0 Å². The van der Waals surface area contributed by atoms with Gasteiger partial charge in [0.15, 0.2) is 0 Å². The molecule has 1 amide bonds. The number of rotatable bonds is 7. The van der Waals surface area contributed by atoms with Gasteiger partial charge in [-0.1, -0.05) is 43.6 Å². The van der Waals surface area contributed by atoms with E-state index in [2.05, 4.69) is 32.2 Å². The van der Waals surface area contributed by atoms with Crippen LogP contribution >= 0.6 is 11.6 Å². The van der Waals surface area contributed by atoms with Gasteiger partial charge in [-0.25, -0.2) is 0 Å². The van der Waals surface area contributed by atoms with Gasteiger partial charge in [0, 0.05) is 7.05 Å². The molecule has 0 heterocycles. The van der Waals surface area contributed by atoms with Gasteiger partial charge < -0.3 is 10.1 Å². The Hall–Kier alpha value is -2.00. The van der Waals surface area contributed by atoms with Crippen LogP contribution in [0.4, 0.5) is 0 Å². The number of hydrogen-bond acceptors (Lipinski definition) is 2. The SMILES string of the molecule is CCc1cc(Cl)c(OCc2c(CC)cccc2CC(=O)NC)cc1C. The summed E-state index contributed by atoms with van der Waals surface area (Å²) < 4.78 is 6.04. The number of ether oxygens (including phenoxy) is 1. The Balaban J connectivity index is 2.28. The summed E-state index contributed by atoms with van der Waals surface area (Å²) >= 11 is 6.38. The minimum absolute atomic E-state index is 0.00400. The fraction of sp³-hybridized carbons (Fsp3) is 0.381. The molecular weight excluding hydrogens is 334 g/mol. The van der Waals surface area contributed by atoms with Crippen LogP contribution in [0.15, 0.2) is 30.3 Å². The van der Waals surface area contributed by atoms with Crippen molar-refractivity contribution < 1.29 is 9.53 Å². The lowest BCUT2D eigenvalue weighted by atomic mass is 9.97. The topological polar surface area (TPSA) is 38.3 Å². The second kappa shape index (κ2) is 8.91. The summed E-state index contributed by atoms with van der Waals surface area (Å²) in [4.78, 5) is 11.8. The van der Waals surface area contributed by atoms with E-state index in [0.29, 0.717) is 23.8 Å². The molecule has 2 aromatic rings. The van der Waals surface area contributed by atoms with Crippen LogP contribution in [-0.4, -0.2) is 13.0 Å². The molecule has 134 valence electrons. The molecule has 0 radical (unpaired) electrons. The first kappa shape index (κ1) is 19.3. The quantitative estimate of drug-likeness (QED) is 0.782. The third kappa shape index (κ3) is 4.76. The van der Waals surface area contributed by atoms with E-state index >= 15 is 0 Å². The fourth-order valence-electron chi connectivity index (χ4n) is 2.97. The van der Waals surface area contributed by atoms with Crippen molar-refractivity contribution >= 4 is 17.5 Å². The highest BCUT2D eigenvalue weighted by molar-refractivity contribution is 6.32. The van der Waals surface area contributed by atoms with Gasteiger partial charge in [-0.3, -0.25) is 4.79 Å². The van der Waals surface area contributed by atoms with Crippen LogP contribution in [0.1, 0.15) is 41.7 Å². The summed E-state index contributed by atoms with van der Waals surface area (Å²) in [5.74, 6) is 0.684. The lowest BCUT2D eigenvalue weighted by Crippen LogP contribution is -2.21. The van der Waals surface area contributed by atoms with Crippen molar-refractivity contribution in [1.82, 2.24) is 5.32 Å². The Bertz CT molecular complexity index is 756. The molecule has 0 saturated heterocycles. The van der Waals surface area contributed by atoms with Gasteiger partial charge in [0.2, 0.25) is 5.91 Å². The van der Waals surface area contributed by atoms with E-state index in [1.165, 1.54) is 16.7 Å². The van der Waals surface area contributed by atoms with Crippen molar-refractivity contribution in [3.63, 3.8) is 0 Å². The smallest absolute Gasteiger partial charge is 0.224 e. The monoisotopic (exact) mass is 359 g/mol. The zero-order valence-corrected chi connectivity index (χ0v) is 16.2.